The number of aromatic nitrogens is 2. The van der Waals surface area contributed by atoms with Crippen molar-refractivity contribution in [3.63, 3.8) is 0 Å². The number of carboxylic acids is 1. The number of hydrogen-bond acceptors (Lipinski definition) is 6. The maximum Gasteiger partial charge on any atom is 0.303 e. The Morgan fingerprint density at radius 3 is 2.71 bits per heavy atom. The third-order valence-corrected chi connectivity index (χ3v) is 5.76. The summed E-state index contributed by atoms with van der Waals surface area (Å²) in [6, 6.07) is 0. The average molecular weight is 316 g/mol. The van der Waals surface area contributed by atoms with Gasteiger partial charge in [0.15, 0.2) is 9.84 Å². The van der Waals surface area contributed by atoms with Gasteiger partial charge in [-0.3, -0.25) is 4.79 Å². The molecule has 1 unspecified atom stereocenters. The molecule has 1 N–H and O–H groups in total. The summed E-state index contributed by atoms with van der Waals surface area (Å²) in [6.07, 6.45) is 2.28. The van der Waals surface area contributed by atoms with Crippen molar-refractivity contribution in [2.45, 2.75) is 51.2 Å². The minimum Gasteiger partial charge on any atom is -0.481 e. The van der Waals surface area contributed by atoms with Crippen molar-refractivity contribution in [1.82, 2.24) is 10.2 Å². The van der Waals surface area contributed by atoms with Crippen molar-refractivity contribution in [3.8, 4) is 0 Å². The minimum absolute atomic E-state index is 0.0214. The van der Waals surface area contributed by atoms with Gasteiger partial charge in [-0.05, 0) is 18.3 Å². The molecule has 8 heteroatoms. The van der Waals surface area contributed by atoms with Crippen LogP contribution in [0.25, 0.3) is 0 Å². The second-order valence-electron chi connectivity index (χ2n) is 6.30. The molecular weight excluding hydrogens is 296 g/mol. The van der Waals surface area contributed by atoms with E-state index in [2.05, 4.69) is 10.2 Å². The van der Waals surface area contributed by atoms with Crippen LogP contribution >= 0.6 is 0 Å². The van der Waals surface area contributed by atoms with Crippen LogP contribution in [-0.4, -0.2) is 35.4 Å². The third kappa shape index (κ3) is 4.03. The number of aliphatic carboxylic acids is 1. The van der Waals surface area contributed by atoms with E-state index < -0.39 is 26.5 Å². The first-order valence-electron chi connectivity index (χ1n) is 6.95. The lowest BCUT2D eigenvalue weighted by atomic mass is 9.86. The molecule has 0 amide bonds. The zero-order valence-electron chi connectivity index (χ0n) is 12.2. The molecule has 1 aromatic heterocycles. The van der Waals surface area contributed by atoms with E-state index in [1.807, 2.05) is 0 Å². The zero-order chi connectivity index (χ0) is 15.7. The minimum atomic E-state index is -3.22. The molecule has 2 rings (SSSR count). The SMILES string of the molecule is CC(C)(CC(=O)O)Cc1nnc(C2CCCCS2(=O)=O)o1. The number of carbonyl (C=O) groups is 1. The molecule has 0 radical (unpaired) electrons. The van der Waals surface area contributed by atoms with Crippen LogP contribution in [0.3, 0.4) is 0 Å². The lowest BCUT2D eigenvalue weighted by Crippen LogP contribution is -2.22. The van der Waals surface area contributed by atoms with Crippen LogP contribution in [-0.2, 0) is 21.1 Å². The number of rotatable bonds is 5. The molecule has 0 aromatic carbocycles. The van der Waals surface area contributed by atoms with Gasteiger partial charge in [0.25, 0.3) is 0 Å². The van der Waals surface area contributed by atoms with Gasteiger partial charge < -0.3 is 9.52 Å². The van der Waals surface area contributed by atoms with E-state index in [9.17, 15) is 13.2 Å². The molecule has 0 spiro atoms. The Morgan fingerprint density at radius 1 is 1.38 bits per heavy atom. The third-order valence-electron chi connectivity index (χ3n) is 3.60. The normalized spacial score (nSPS) is 22.1. The first-order chi connectivity index (χ1) is 9.70. The van der Waals surface area contributed by atoms with Gasteiger partial charge in [-0.2, -0.15) is 0 Å². The molecule has 1 aromatic rings. The highest BCUT2D eigenvalue weighted by Crippen LogP contribution is 2.33. The van der Waals surface area contributed by atoms with Crippen LogP contribution in [0.15, 0.2) is 4.42 Å². The lowest BCUT2D eigenvalue weighted by molar-refractivity contribution is -0.139. The topological polar surface area (TPSA) is 110 Å². The summed E-state index contributed by atoms with van der Waals surface area (Å²) in [5.41, 5.74) is -0.527. The summed E-state index contributed by atoms with van der Waals surface area (Å²) in [6.45, 7) is 3.59. The molecule has 0 bridgehead atoms. The van der Waals surface area contributed by atoms with E-state index in [1.165, 1.54) is 0 Å². The Kier molecular flexibility index (Phi) is 4.36. The predicted molar refractivity (Wildman–Crippen MR) is 74.4 cm³/mol. The smallest absolute Gasteiger partial charge is 0.303 e. The van der Waals surface area contributed by atoms with Gasteiger partial charge in [-0.15, -0.1) is 10.2 Å². The van der Waals surface area contributed by atoms with E-state index >= 15 is 0 Å². The Bertz CT molecular complexity index is 620. The van der Waals surface area contributed by atoms with Crippen LogP contribution in [0.2, 0.25) is 0 Å². The summed E-state index contributed by atoms with van der Waals surface area (Å²) in [7, 11) is -3.22. The molecule has 7 nitrogen and oxygen atoms in total. The molecule has 118 valence electrons. The van der Waals surface area contributed by atoms with Crippen LogP contribution in [0.4, 0.5) is 0 Å². The maximum absolute atomic E-state index is 12.0. The van der Waals surface area contributed by atoms with Crippen LogP contribution < -0.4 is 0 Å². The van der Waals surface area contributed by atoms with Gasteiger partial charge in [0, 0.05) is 6.42 Å². The van der Waals surface area contributed by atoms with Crippen molar-refractivity contribution < 1.29 is 22.7 Å². The summed E-state index contributed by atoms with van der Waals surface area (Å²) in [5.74, 6) is -0.317. The molecule has 0 saturated carbocycles. The highest BCUT2D eigenvalue weighted by molar-refractivity contribution is 7.91. The van der Waals surface area contributed by atoms with E-state index in [1.54, 1.807) is 13.8 Å². The van der Waals surface area contributed by atoms with Gasteiger partial charge >= 0.3 is 5.97 Å². The van der Waals surface area contributed by atoms with E-state index in [0.29, 0.717) is 19.3 Å². The van der Waals surface area contributed by atoms with Crippen molar-refractivity contribution in [2.75, 3.05) is 5.75 Å². The van der Waals surface area contributed by atoms with Crippen LogP contribution in [0.5, 0.6) is 0 Å². The standard InChI is InChI=1S/C13H20N2O5S/c1-13(2,8-11(16)17)7-10-14-15-12(20-10)9-5-3-4-6-21(9,18)19/h9H,3-8H2,1-2H3,(H,16,17). The molecule has 1 saturated heterocycles. The summed E-state index contributed by atoms with van der Waals surface area (Å²) < 4.78 is 29.5. The monoisotopic (exact) mass is 316 g/mol. The van der Waals surface area contributed by atoms with Crippen molar-refractivity contribution >= 4 is 15.8 Å². The Hall–Kier alpha value is -1.44. The van der Waals surface area contributed by atoms with Gasteiger partial charge in [0.2, 0.25) is 11.8 Å². The molecule has 1 aliphatic heterocycles. The first kappa shape index (κ1) is 15.9. The van der Waals surface area contributed by atoms with Crippen LogP contribution in [0.1, 0.15) is 56.6 Å². The highest BCUT2D eigenvalue weighted by Gasteiger charge is 2.35. The average Bonchev–Trinajstić information content (AvgIpc) is 2.73. The first-order valence-corrected chi connectivity index (χ1v) is 8.67. The fraction of sp³-hybridized carbons (Fsp3) is 0.769. The van der Waals surface area contributed by atoms with Crippen molar-refractivity contribution in [3.05, 3.63) is 11.8 Å². The van der Waals surface area contributed by atoms with Crippen molar-refractivity contribution in [1.29, 1.82) is 0 Å². The fourth-order valence-corrected chi connectivity index (χ4v) is 4.40. The van der Waals surface area contributed by atoms with Gasteiger partial charge in [0.05, 0.1) is 12.2 Å². The number of hydrogen-bond donors (Lipinski definition) is 1. The Morgan fingerprint density at radius 2 is 2.10 bits per heavy atom. The number of sulfone groups is 1. The lowest BCUT2D eigenvalue weighted by Gasteiger charge is -2.20. The highest BCUT2D eigenvalue weighted by atomic mass is 32.2. The molecule has 1 fully saturated rings. The summed E-state index contributed by atoms with van der Waals surface area (Å²) in [5, 5.41) is 15.9. The van der Waals surface area contributed by atoms with Gasteiger partial charge in [0.1, 0.15) is 5.25 Å². The quantitative estimate of drug-likeness (QED) is 0.881. The maximum atomic E-state index is 12.0. The molecule has 21 heavy (non-hydrogen) atoms. The van der Waals surface area contributed by atoms with E-state index in [4.69, 9.17) is 9.52 Å². The van der Waals surface area contributed by atoms with Crippen molar-refractivity contribution in [2.24, 2.45) is 5.41 Å². The van der Waals surface area contributed by atoms with Crippen LogP contribution in [0, 0.1) is 5.41 Å². The largest absolute Gasteiger partial charge is 0.481 e. The molecule has 1 aliphatic rings. The number of carboxylic acid groups (broad SMARTS) is 1. The predicted octanol–water partition coefficient (Wildman–Crippen LogP) is 1.75. The molecule has 2 heterocycles. The second kappa shape index (κ2) is 5.75. The van der Waals surface area contributed by atoms with E-state index in [-0.39, 0.29) is 24.0 Å². The second-order valence-corrected chi connectivity index (χ2v) is 8.60. The molecule has 1 atom stereocenters. The number of nitrogens with zero attached hydrogens (tertiary/aromatic N) is 2. The zero-order valence-corrected chi connectivity index (χ0v) is 13.0. The summed E-state index contributed by atoms with van der Waals surface area (Å²) >= 11 is 0. The molecular formula is C13H20N2O5S. The Labute approximate surface area is 123 Å². The fourth-order valence-electron chi connectivity index (χ4n) is 2.58. The summed E-state index contributed by atoms with van der Waals surface area (Å²) in [4.78, 5) is 10.8. The Balaban J connectivity index is 2.13. The van der Waals surface area contributed by atoms with Gasteiger partial charge in [-0.1, -0.05) is 20.3 Å². The molecule has 0 aliphatic carbocycles. The van der Waals surface area contributed by atoms with E-state index in [0.717, 1.165) is 6.42 Å². The van der Waals surface area contributed by atoms with Gasteiger partial charge in [-0.25, -0.2) is 8.42 Å².